The maximum Gasteiger partial charge on any atom is 0.209 e. The third-order valence-electron chi connectivity index (χ3n) is 8.55. The van der Waals surface area contributed by atoms with Crippen molar-refractivity contribution in [3.8, 4) is 16.9 Å². The fourth-order valence-corrected chi connectivity index (χ4v) is 6.78. The number of aliphatic hydroxyl groups is 3. The molecule has 5 rings (SSSR count). The van der Waals surface area contributed by atoms with Crippen molar-refractivity contribution in [3.63, 3.8) is 0 Å². The highest BCUT2D eigenvalue weighted by molar-refractivity contribution is 6.25. The van der Waals surface area contributed by atoms with Crippen LogP contribution in [0.15, 0.2) is 59.1 Å². The molecule has 0 spiro atoms. The maximum absolute atomic E-state index is 13.8. The van der Waals surface area contributed by atoms with Crippen LogP contribution in [-0.2, 0) is 22.6 Å². The first-order chi connectivity index (χ1) is 19.4. The zero-order valence-corrected chi connectivity index (χ0v) is 23.1. The number of allylic oxidation sites excluding steroid dienone is 1. The zero-order chi connectivity index (χ0) is 29.8. The molecule has 3 aliphatic rings. The van der Waals surface area contributed by atoms with Crippen LogP contribution < -0.4 is 5.32 Å². The number of hydrogen-bond donors (Lipinski definition) is 5. The van der Waals surface area contributed by atoms with Gasteiger partial charge in [-0.25, -0.2) is 4.39 Å². The van der Waals surface area contributed by atoms with Crippen LogP contribution in [0.1, 0.15) is 34.8 Å². The maximum atomic E-state index is 13.8. The van der Waals surface area contributed by atoms with Crippen LogP contribution in [0.5, 0.6) is 5.75 Å². The van der Waals surface area contributed by atoms with E-state index in [-0.39, 0.29) is 36.3 Å². The fourth-order valence-electron chi connectivity index (χ4n) is 6.78. The first kappa shape index (κ1) is 28.7. The van der Waals surface area contributed by atoms with Gasteiger partial charge in [0.2, 0.25) is 5.78 Å². The van der Waals surface area contributed by atoms with E-state index >= 15 is 0 Å². The van der Waals surface area contributed by atoms with Gasteiger partial charge in [0, 0.05) is 24.6 Å². The Hall–Kier alpha value is -3.86. The molecule has 10 heteroatoms. The van der Waals surface area contributed by atoms with E-state index in [1.54, 1.807) is 25.1 Å². The predicted molar refractivity (Wildman–Crippen MR) is 148 cm³/mol. The fraction of sp³-hybridized carbons (Fsp3) is 0.387. The van der Waals surface area contributed by atoms with Gasteiger partial charge in [0.25, 0.3) is 0 Å². The molecular formula is C31H33FN2O7. The molecule has 0 fully saturated rings. The van der Waals surface area contributed by atoms with Crippen molar-refractivity contribution in [2.45, 2.75) is 38.0 Å². The SMILES string of the molecule is CC(=O)C1=C(O)[C@@H](N(C)C)[C@@H]2C[C@@H]3Cc4cc(-c5ccccc5CNCCF)cc(O)c4C(=O)C3=C(O)[C@]2(O)C1=O. The molecule has 41 heavy (non-hydrogen) atoms. The van der Waals surface area contributed by atoms with Crippen molar-refractivity contribution < 1.29 is 39.2 Å². The second-order valence-corrected chi connectivity index (χ2v) is 11.2. The summed E-state index contributed by atoms with van der Waals surface area (Å²) in [4.78, 5) is 41.1. The topological polar surface area (TPSA) is 147 Å². The lowest BCUT2D eigenvalue weighted by Gasteiger charge is -2.50. The molecule has 3 aliphatic carbocycles. The molecule has 5 N–H and O–H groups in total. The highest BCUT2D eigenvalue weighted by Gasteiger charge is 2.63. The number of nitrogens with zero attached hydrogens (tertiary/aromatic N) is 1. The van der Waals surface area contributed by atoms with E-state index < -0.39 is 64.6 Å². The quantitative estimate of drug-likeness (QED) is 0.253. The summed E-state index contributed by atoms with van der Waals surface area (Å²) < 4.78 is 12.6. The number of rotatable bonds is 7. The monoisotopic (exact) mass is 564 g/mol. The van der Waals surface area contributed by atoms with Crippen molar-refractivity contribution in [2.75, 3.05) is 27.3 Å². The Bertz CT molecular complexity index is 1530. The molecule has 2 aromatic rings. The molecule has 0 bridgehead atoms. The van der Waals surface area contributed by atoms with Gasteiger partial charge in [0.1, 0.15) is 29.5 Å². The van der Waals surface area contributed by atoms with E-state index in [1.807, 2.05) is 24.3 Å². The number of fused-ring (bicyclic) bond motifs is 3. The number of likely N-dealkylation sites (N-methyl/N-ethyl adjacent to an activating group) is 1. The van der Waals surface area contributed by atoms with Gasteiger partial charge in [0.15, 0.2) is 17.2 Å². The van der Waals surface area contributed by atoms with Gasteiger partial charge in [-0.1, -0.05) is 30.3 Å². The van der Waals surface area contributed by atoms with Crippen molar-refractivity contribution in [3.05, 3.63) is 75.8 Å². The van der Waals surface area contributed by atoms with Crippen LogP contribution in [0.25, 0.3) is 11.1 Å². The number of phenols is 1. The number of carbonyl (C=O) groups is 3. The number of aromatic hydroxyl groups is 1. The Balaban J connectivity index is 1.62. The van der Waals surface area contributed by atoms with Gasteiger partial charge in [-0.15, -0.1) is 0 Å². The smallest absolute Gasteiger partial charge is 0.209 e. The number of ketones is 3. The number of phenolic OH excluding ortho intramolecular Hbond substituents is 1. The lowest BCUT2D eigenvalue weighted by molar-refractivity contribution is -0.148. The zero-order valence-electron chi connectivity index (χ0n) is 23.1. The highest BCUT2D eigenvalue weighted by Crippen LogP contribution is 2.52. The number of benzene rings is 2. The summed E-state index contributed by atoms with van der Waals surface area (Å²) >= 11 is 0. The van der Waals surface area contributed by atoms with E-state index in [0.29, 0.717) is 17.7 Å². The van der Waals surface area contributed by atoms with Crippen LogP contribution in [0.2, 0.25) is 0 Å². The number of alkyl halides is 1. The molecular weight excluding hydrogens is 531 g/mol. The number of carbonyl (C=O) groups excluding carboxylic acids is 3. The van der Waals surface area contributed by atoms with E-state index in [2.05, 4.69) is 5.32 Å². The summed E-state index contributed by atoms with van der Waals surface area (Å²) in [5.41, 5.74) is -0.543. The molecule has 4 atom stereocenters. The Morgan fingerprint density at radius 1 is 1.15 bits per heavy atom. The average Bonchev–Trinajstić information content (AvgIpc) is 2.90. The first-order valence-electron chi connectivity index (χ1n) is 13.5. The van der Waals surface area contributed by atoms with Crippen LogP contribution in [0.3, 0.4) is 0 Å². The number of halogens is 1. The third kappa shape index (κ3) is 4.37. The number of Topliss-reactive ketones (excluding diaryl/α,β-unsaturated/α-hetero) is 3. The summed E-state index contributed by atoms with van der Waals surface area (Å²) in [6.45, 7) is 1.18. The molecule has 2 aromatic carbocycles. The summed E-state index contributed by atoms with van der Waals surface area (Å²) in [7, 11) is 3.24. The Labute approximate surface area is 236 Å². The van der Waals surface area contributed by atoms with Crippen LogP contribution in [0, 0.1) is 11.8 Å². The number of aliphatic hydroxyl groups excluding tert-OH is 2. The van der Waals surface area contributed by atoms with Crippen molar-refractivity contribution in [1.29, 1.82) is 0 Å². The standard InChI is InChI=1S/C31H33FN2O7/c1-15(35)23-28(38)26(34(2)3)21-12-19-11-18-10-17(20-7-5-4-6-16(20)14-33-9-8-32)13-22(36)24(18)27(37)25(19)30(40)31(21,41)29(23)39/h4-7,10,13,19,21,26,33,36,38,40-41H,8-9,11-12,14H2,1-3H3/t19-,21-,26-,31+/m0/s1. The van der Waals surface area contributed by atoms with Gasteiger partial charge in [-0.3, -0.25) is 19.3 Å². The second-order valence-electron chi connectivity index (χ2n) is 11.2. The molecule has 0 aromatic heterocycles. The molecule has 0 aliphatic heterocycles. The van der Waals surface area contributed by atoms with Gasteiger partial charge in [0.05, 0.1) is 11.6 Å². The summed E-state index contributed by atoms with van der Waals surface area (Å²) in [5, 5.41) is 48.2. The Kier molecular flexibility index (Phi) is 7.35. The molecule has 0 heterocycles. The molecule has 0 saturated heterocycles. The summed E-state index contributed by atoms with van der Waals surface area (Å²) in [5.74, 6) is -5.93. The van der Waals surface area contributed by atoms with Crippen LogP contribution in [0.4, 0.5) is 4.39 Å². The van der Waals surface area contributed by atoms with E-state index in [4.69, 9.17) is 0 Å². The third-order valence-corrected chi connectivity index (χ3v) is 8.55. The predicted octanol–water partition coefficient (Wildman–Crippen LogP) is 2.95. The largest absolute Gasteiger partial charge is 0.510 e. The van der Waals surface area contributed by atoms with Crippen LogP contribution >= 0.6 is 0 Å². The molecule has 0 saturated carbocycles. The first-order valence-corrected chi connectivity index (χ1v) is 13.5. The molecule has 0 unspecified atom stereocenters. The van der Waals surface area contributed by atoms with E-state index in [9.17, 15) is 39.2 Å². The van der Waals surface area contributed by atoms with Crippen molar-refractivity contribution in [1.82, 2.24) is 10.2 Å². The number of hydrogen-bond acceptors (Lipinski definition) is 9. The lowest BCUT2D eigenvalue weighted by atomic mass is 9.58. The van der Waals surface area contributed by atoms with Gasteiger partial charge in [-0.05, 0) is 68.1 Å². The highest BCUT2D eigenvalue weighted by atomic mass is 19.1. The second kappa shape index (κ2) is 10.5. The van der Waals surface area contributed by atoms with Crippen molar-refractivity contribution >= 4 is 17.3 Å². The van der Waals surface area contributed by atoms with Crippen molar-refractivity contribution in [2.24, 2.45) is 11.8 Å². The Morgan fingerprint density at radius 3 is 2.51 bits per heavy atom. The molecule has 0 radical (unpaired) electrons. The summed E-state index contributed by atoms with van der Waals surface area (Å²) in [6.07, 6.45) is 0.273. The normalized spacial score (nSPS) is 25.8. The lowest BCUT2D eigenvalue weighted by Crippen LogP contribution is -2.63. The van der Waals surface area contributed by atoms with E-state index in [1.165, 1.54) is 6.07 Å². The van der Waals surface area contributed by atoms with Gasteiger partial charge >= 0.3 is 0 Å². The van der Waals surface area contributed by atoms with Crippen LogP contribution in [-0.4, -0.2) is 81.6 Å². The molecule has 0 amide bonds. The molecule has 216 valence electrons. The Morgan fingerprint density at radius 2 is 1.85 bits per heavy atom. The minimum absolute atomic E-state index is 0.0285. The molecule has 9 nitrogen and oxygen atoms in total. The minimum Gasteiger partial charge on any atom is -0.510 e. The van der Waals surface area contributed by atoms with Gasteiger partial charge < -0.3 is 25.7 Å². The number of nitrogens with one attached hydrogen (secondary N) is 1. The average molecular weight is 565 g/mol. The minimum atomic E-state index is -2.59. The van der Waals surface area contributed by atoms with E-state index in [0.717, 1.165) is 18.1 Å². The summed E-state index contributed by atoms with van der Waals surface area (Å²) in [6, 6.07) is 9.73. The van der Waals surface area contributed by atoms with Gasteiger partial charge in [-0.2, -0.15) is 0 Å².